The zero-order chi connectivity index (χ0) is 57.7. The molecule has 76 heavy (non-hydrogen) atoms. The van der Waals surface area contributed by atoms with Crippen LogP contribution in [0.1, 0.15) is 120 Å². The molecule has 0 aliphatic carbocycles. The van der Waals surface area contributed by atoms with Crippen molar-refractivity contribution in [2.75, 3.05) is 39.5 Å². The second-order valence-corrected chi connectivity index (χ2v) is 19.3. The monoisotopic (exact) mass is 1120 g/mol. The normalized spacial score (nSPS) is 14.1. The molecule has 0 radical (unpaired) electrons. The van der Waals surface area contributed by atoms with Crippen LogP contribution < -0.4 is 4.74 Å². The Labute approximate surface area is 450 Å². The van der Waals surface area contributed by atoms with Gasteiger partial charge in [0, 0.05) is 108 Å². The lowest BCUT2D eigenvalue weighted by Crippen LogP contribution is -2.58. The van der Waals surface area contributed by atoms with E-state index in [-0.39, 0.29) is 23.4 Å². The van der Waals surface area contributed by atoms with Gasteiger partial charge in [-0.1, -0.05) is 42.4 Å². The van der Waals surface area contributed by atoms with E-state index >= 15 is 0 Å². The molecule has 8 atom stereocenters. The maximum Gasteiger partial charge on any atom is 0.303 e. The topological polar surface area (TPSA) is 310 Å². The number of carbonyl (C=O) groups excluding carboxylic acids is 12. The molecule has 0 saturated heterocycles. The Morgan fingerprint density at radius 3 is 1.11 bits per heavy atom. The summed E-state index contributed by atoms with van der Waals surface area (Å²) in [5.74, 6) is -8.11. The highest BCUT2D eigenvalue weighted by Crippen LogP contribution is 2.28. The third-order valence-electron chi connectivity index (χ3n) is 10.0. The molecule has 0 saturated carbocycles. The molecule has 0 aliphatic rings. The molecule has 26 heteroatoms. The van der Waals surface area contributed by atoms with Crippen molar-refractivity contribution >= 4 is 93.4 Å². The lowest BCUT2D eigenvalue weighted by atomic mass is 9.99. The number of nitrogens with zero attached hydrogens (tertiary/aromatic N) is 1. The van der Waals surface area contributed by atoms with E-state index in [1.54, 1.807) is 6.07 Å². The van der Waals surface area contributed by atoms with E-state index in [1.165, 1.54) is 18.7 Å². The van der Waals surface area contributed by atoms with Gasteiger partial charge in [0.25, 0.3) is 0 Å². The van der Waals surface area contributed by atoms with E-state index in [9.17, 15) is 57.5 Å². The molecule has 0 amide bonds. The maximum absolute atomic E-state index is 13.0. The number of carbonyl (C=O) groups is 12. The van der Waals surface area contributed by atoms with E-state index in [0.717, 1.165) is 104 Å². The fourth-order valence-corrected chi connectivity index (χ4v) is 8.59. The van der Waals surface area contributed by atoms with Crippen molar-refractivity contribution in [1.82, 2.24) is 4.90 Å². The average molecular weight is 1120 g/mol. The lowest BCUT2D eigenvalue weighted by Gasteiger charge is -2.39. The Morgan fingerprint density at radius 1 is 0.408 bits per heavy atom. The summed E-state index contributed by atoms with van der Waals surface area (Å²) in [6.07, 6.45) is -12.1. The third kappa shape index (κ3) is 29.7. The number of esters is 10. The largest absolute Gasteiger partial charge is 0.494 e. The molecule has 0 unspecified atom stereocenters. The van der Waals surface area contributed by atoms with Crippen LogP contribution >= 0.6 is 23.5 Å². The molecule has 0 aromatic heterocycles. The van der Waals surface area contributed by atoms with Gasteiger partial charge in [-0.2, -0.15) is 0 Å². The highest BCUT2D eigenvalue weighted by molar-refractivity contribution is 8.13. The van der Waals surface area contributed by atoms with Crippen molar-refractivity contribution in [3.8, 4) is 5.75 Å². The van der Waals surface area contributed by atoms with E-state index in [1.807, 2.05) is 12.1 Å². The standard InChI is InChI=1S/C50H71NO23S2/c1-28(52)65-24-45(69-32(5)56)49(73-36(9)60)47(71-34(7)58)43(67-30(3)54)22-51(19-15-13-14-16-20-64-42-18-17-40(26-75-38(11)62)41(21-42)27-76-39(12)63)23-44(68-31(4)55)48(72-35(8)59)50(74-37(10)61)46(70-33(6)57)25-66-29(2)53/h17-18,21,43-50H,13-16,19-20,22-27H2,1-12H3/t43-,44-,45+,46+,47+,48+,49+,50+/m0/s1. The van der Waals surface area contributed by atoms with Crippen molar-refractivity contribution in [1.29, 1.82) is 0 Å². The zero-order valence-corrected chi connectivity index (χ0v) is 46.6. The Hall–Kier alpha value is -6.28. The van der Waals surface area contributed by atoms with Crippen molar-refractivity contribution in [3.63, 3.8) is 0 Å². The molecule has 24 nitrogen and oxygen atoms in total. The minimum atomic E-state index is -1.84. The fourth-order valence-electron chi connectivity index (χ4n) is 7.32. The lowest BCUT2D eigenvalue weighted by molar-refractivity contribution is -0.207. The number of thioether (sulfide) groups is 2. The van der Waals surface area contributed by atoms with Gasteiger partial charge in [-0.05, 0) is 42.6 Å². The first-order chi connectivity index (χ1) is 35.6. The predicted octanol–water partition coefficient (Wildman–Crippen LogP) is 4.07. The van der Waals surface area contributed by atoms with Crippen molar-refractivity contribution in [3.05, 3.63) is 29.3 Å². The number of hydrogen-bond donors (Lipinski definition) is 0. The minimum absolute atomic E-state index is 0.00495. The van der Waals surface area contributed by atoms with E-state index < -0.39 is 135 Å². The highest BCUT2D eigenvalue weighted by Gasteiger charge is 2.47. The van der Waals surface area contributed by atoms with Gasteiger partial charge in [0.15, 0.2) is 59.1 Å². The predicted molar refractivity (Wildman–Crippen MR) is 268 cm³/mol. The molecule has 0 N–H and O–H groups in total. The first kappa shape index (κ1) is 67.7. The molecule has 426 valence electrons. The second-order valence-electron chi connectivity index (χ2n) is 17.0. The summed E-state index contributed by atoms with van der Waals surface area (Å²) in [7, 11) is 0. The number of ether oxygens (including phenoxy) is 11. The molecule has 0 aliphatic heterocycles. The number of rotatable bonds is 34. The third-order valence-corrected chi connectivity index (χ3v) is 11.8. The van der Waals surface area contributed by atoms with Gasteiger partial charge in [0.1, 0.15) is 19.0 Å². The van der Waals surface area contributed by atoms with Crippen molar-refractivity contribution in [2.45, 2.75) is 169 Å². The smallest absolute Gasteiger partial charge is 0.303 e. The molecule has 1 aromatic carbocycles. The first-order valence-corrected chi connectivity index (χ1v) is 25.9. The summed E-state index contributed by atoms with van der Waals surface area (Å²) in [5.41, 5.74) is 1.73. The highest BCUT2D eigenvalue weighted by atomic mass is 32.2. The van der Waals surface area contributed by atoms with Gasteiger partial charge in [0.2, 0.25) is 0 Å². The molecule has 1 aromatic rings. The second kappa shape index (κ2) is 35.9. The zero-order valence-electron chi connectivity index (χ0n) is 45.0. The van der Waals surface area contributed by atoms with Gasteiger partial charge in [-0.3, -0.25) is 62.4 Å². The summed E-state index contributed by atoms with van der Waals surface area (Å²) in [5, 5.41) is -0.122. The van der Waals surface area contributed by atoms with Gasteiger partial charge in [-0.25, -0.2) is 0 Å². The van der Waals surface area contributed by atoms with Crippen LogP contribution in [0.3, 0.4) is 0 Å². The number of unbranched alkanes of at least 4 members (excludes halogenated alkanes) is 3. The Bertz CT molecular complexity index is 2070. The summed E-state index contributed by atoms with van der Waals surface area (Å²) in [6.45, 7) is 10.8. The summed E-state index contributed by atoms with van der Waals surface area (Å²) in [6, 6.07) is 5.44. The van der Waals surface area contributed by atoms with Crippen LogP contribution in [-0.2, 0) is 116 Å². The van der Waals surface area contributed by atoms with Crippen LogP contribution in [0.2, 0.25) is 0 Å². The van der Waals surface area contributed by atoms with E-state index in [0.29, 0.717) is 42.9 Å². The Morgan fingerprint density at radius 2 is 0.750 bits per heavy atom. The van der Waals surface area contributed by atoms with Crippen LogP contribution in [0.5, 0.6) is 5.75 Å². The quantitative estimate of drug-likeness (QED) is 0.0533. The minimum Gasteiger partial charge on any atom is -0.494 e. The van der Waals surface area contributed by atoms with Crippen LogP contribution in [0, 0.1) is 0 Å². The van der Waals surface area contributed by atoms with Crippen LogP contribution in [0.4, 0.5) is 0 Å². The van der Waals surface area contributed by atoms with Crippen LogP contribution in [0.15, 0.2) is 18.2 Å². The first-order valence-electron chi connectivity index (χ1n) is 24.0. The molecule has 1 rings (SSSR count). The molecular weight excluding hydrogens is 1050 g/mol. The van der Waals surface area contributed by atoms with Crippen molar-refractivity contribution < 1.29 is 110 Å². The van der Waals surface area contributed by atoms with Gasteiger partial charge in [-0.15, -0.1) is 0 Å². The molecule has 0 heterocycles. The van der Waals surface area contributed by atoms with Gasteiger partial charge < -0.3 is 52.1 Å². The van der Waals surface area contributed by atoms with E-state index in [2.05, 4.69) is 0 Å². The Balaban J connectivity index is 3.97. The molecule has 0 spiro atoms. The summed E-state index contributed by atoms with van der Waals surface area (Å²) >= 11 is 2.27. The number of benzene rings is 1. The van der Waals surface area contributed by atoms with Crippen LogP contribution in [0.25, 0.3) is 0 Å². The van der Waals surface area contributed by atoms with Crippen molar-refractivity contribution in [2.24, 2.45) is 0 Å². The summed E-state index contributed by atoms with van der Waals surface area (Å²) in [4.78, 5) is 151. The van der Waals surface area contributed by atoms with Gasteiger partial charge in [0.05, 0.1) is 6.61 Å². The van der Waals surface area contributed by atoms with Gasteiger partial charge >= 0.3 is 59.7 Å². The van der Waals surface area contributed by atoms with Crippen LogP contribution in [-0.4, -0.2) is 163 Å². The fraction of sp³-hybridized carbons (Fsp3) is 0.640. The number of hydrogen-bond acceptors (Lipinski definition) is 26. The average Bonchev–Trinajstić information content (AvgIpc) is 3.28. The van der Waals surface area contributed by atoms with E-state index in [4.69, 9.17) is 52.1 Å². The molecular formula is C50H71NO23S2. The SMILES string of the molecule is CC(=O)OC[C@@H](OC(C)=O)[C@@H](OC(C)=O)[C@H](OC(C)=O)[C@H](CN(CCCCCCOc1ccc(CSC(C)=O)c(CSC(C)=O)c1)C[C@H](OC(C)=O)[C@@H](OC(C)=O)[C@H](OC(C)=O)[C@@H](COC(C)=O)OC(C)=O)OC(C)=O. The summed E-state index contributed by atoms with van der Waals surface area (Å²) < 4.78 is 61.1. The Kier molecular flexibility index (Phi) is 32.0. The molecule has 0 fully saturated rings. The maximum atomic E-state index is 13.0. The molecule has 0 bridgehead atoms.